The number of anilines is 2. The lowest BCUT2D eigenvalue weighted by molar-refractivity contribution is 0.781. The molecule has 152 valence electrons. The molecule has 0 fully saturated rings. The highest BCUT2D eigenvalue weighted by Gasteiger charge is 2.08. The van der Waals surface area contributed by atoms with E-state index in [2.05, 4.69) is 26.4 Å². The maximum absolute atomic E-state index is 12.6. The first-order chi connectivity index (χ1) is 15.2. The molecule has 0 bridgehead atoms. The molecule has 0 aliphatic heterocycles. The molecule has 1 N–H and O–H groups in total. The Balaban J connectivity index is 1.47. The number of fused-ring (bicyclic) bond motifs is 1. The van der Waals surface area contributed by atoms with Gasteiger partial charge in [0.05, 0.1) is 12.2 Å². The van der Waals surface area contributed by atoms with Crippen molar-refractivity contribution in [3.05, 3.63) is 107 Å². The largest absolute Gasteiger partial charge is 0.324 e. The van der Waals surface area contributed by atoms with Crippen LogP contribution in [0.5, 0.6) is 0 Å². The Hall–Kier alpha value is -4.26. The Morgan fingerprint density at radius 1 is 1.00 bits per heavy atom. The number of hydrogen-bond donors (Lipinski definition) is 1. The van der Waals surface area contributed by atoms with E-state index >= 15 is 0 Å². The minimum atomic E-state index is -0.0952. The van der Waals surface area contributed by atoms with Crippen molar-refractivity contribution in [3.8, 4) is 5.69 Å². The Labute approximate surface area is 178 Å². The Morgan fingerprint density at radius 3 is 2.65 bits per heavy atom. The molecule has 0 aliphatic rings. The van der Waals surface area contributed by atoms with Crippen molar-refractivity contribution in [3.63, 3.8) is 0 Å². The summed E-state index contributed by atoms with van der Waals surface area (Å²) in [6.07, 6.45) is 5.36. The van der Waals surface area contributed by atoms with Gasteiger partial charge >= 0.3 is 0 Å². The molecule has 0 aliphatic carbocycles. The maximum Gasteiger partial charge on any atom is 0.252 e. The smallest absolute Gasteiger partial charge is 0.252 e. The van der Waals surface area contributed by atoms with Gasteiger partial charge < -0.3 is 5.32 Å². The zero-order valence-electron chi connectivity index (χ0n) is 16.9. The second-order valence-electron chi connectivity index (χ2n) is 7.34. The van der Waals surface area contributed by atoms with Crippen LogP contribution in [0, 0.1) is 6.92 Å². The van der Waals surface area contributed by atoms with E-state index in [4.69, 9.17) is 0 Å². The van der Waals surface area contributed by atoms with Crippen LogP contribution in [-0.4, -0.2) is 24.3 Å². The molecule has 0 saturated carbocycles. The molecule has 31 heavy (non-hydrogen) atoms. The normalized spacial score (nSPS) is 11.0. The summed E-state index contributed by atoms with van der Waals surface area (Å²) < 4.78 is 3.47. The van der Waals surface area contributed by atoms with Crippen molar-refractivity contribution in [2.24, 2.45) is 0 Å². The fourth-order valence-electron chi connectivity index (χ4n) is 3.53. The summed E-state index contributed by atoms with van der Waals surface area (Å²) >= 11 is 0. The quantitative estimate of drug-likeness (QED) is 0.474. The lowest BCUT2D eigenvalue weighted by atomic mass is 10.1. The number of benzene rings is 2. The van der Waals surface area contributed by atoms with Crippen LogP contribution in [0.15, 0.2) is 90.1 Å². The van der Waals surface area contributed by atoms with Gasteiger partial charge in [0.2, 0.25) is 5.95 Å². The molecule has 0 unspecified atom stereocenters. The van der Waals surface area contributed by atoms with Crippen LogP contribution in [0.25, 0.3) is 16.7 Å². The number of pyridine rings is 1. The molecule has 3 aromatic heterocycles. The minimum Gasteiger partial charge on any atom is -0.324 e. The van der Waals surface area contributed by atoms with Crippen molar-refractivity contribution in [2.75, 3.05) is 5.32 Å². The summed E-state index contributed by atoms with van der Waals surface area (Å²) in [5.74, 6) is 0.433. The van der Waals surface area contributed by atoms with Crippen LogP contribution in [0.4, 0.5) is 11.6 Å². The van der Waals surface area contributed by atoms with Gasteiger partial charge in [-0.1, -0.05) is 29.8 Å². The van der Waals surface area contributed by atoms with Gasteiger partial charge in [-0.25, -0.2) is 9.67 Å². The third-order valence-corrected chi connectivity index (χ3v) is 5.04. The summed E-state index contributed by atoms with van der Waals surface area (Å²) in [5, 5.41) is 8.26. The molecule has 5 aromatic rings. The van der Waals surface area contributed by atoms with Crippen LogP contribution in [0.2, 0.25) is 0 Å². The molecule has 2 aromatic carbocycles. The van der Waals surface area contributed by atoms with E-state index in [-0.39, 0.29) is 5.56 Å². The van der Waals surface area contributed by atoms with Gasteiger partial charge in [-0.2, -0.15) is 10.1 Å². The predicted octanol–water partition coefficient (Wildman–Crippen LogP) is 4.08. The molecule has 5 rings (SSSR count). The number of rotatable bonds is 5. The standard InChI is InChI=1S/C24H20N6O/c1-17-4-2-5-18(14-17)16-29-22(31)11-6-19-15-25-24(28-23(19)29)27-20-7-9-21(10-8-20)30-13-3-12-26-30/h2-15H,16H2,1H3,(H,25,27,28). The average Bonchev–Trinajstić information content (AvgIpc) is 3.31. The molecule has 0 saturated heterocycles. The molecular formula is C24H20N6O. The third kappa shape index (κ3) is 3.93. The topological polar surface area (TPSA) is 77.6 Å². The summed E-state index contributed by atoms with van der Waals surface area (Å²) in [7, 11) is 0. The molecule has 0 atom stereocenters. The Bertz CT molecular complexity index is 1400. The Morgan fingerprint density at radius 2 is 1.87 bits per heavy atom. The van der Waals surface area contributed by atoms with Gasteiger partial charge in [0.1, 0.15) is 5.65 Å². The zero-order valence-corrected chi connectivity index (χ0v) is 16.9. The highest BCUT2D eigenvalue weighted by Crippen LogP contribution is 2.18. The number of aryl methyl sites for hydroxylation is 1. The van der Waals surface area contributed by atoms with E-state index in [0.717, 1.165) is 27.9 Å². The molecule has 7 nitrogen and oxygen atoms in total. The first-order valence-electron chi connectivity index (χ1n) is 9.95. The Kier molecular flexibility index (Phi) is 4.76. The first-order valence-corrected chi connectivity index (χ1v) is 9.95. The van der Waals surface area contributed by atoms with E-state index in [1.54, 1.807) is 33.8 Å². The second kappa shape index (κ2) is 7.87. The minimum absolute atomic E-state index is 0.0952. The molecule has 3 heterocycles. The number of nitrogens with zero attached hydrogens (tertiary/aromatic N) is 5. The molecule has 0 spiro atoms. The number of aromatic nitrogens is 5. The van der Waals surface area contributed by atoms with E-state index in [1.165, 1.54) is 0 Å². The van der Waals surface area contributed by atoms with Crippen molar-refractivity contribution >= 4 is 22.7 Å². The van der Waals surface area contributed by atoms with Gasteiger partial charge in [-0.05, 0) is 48.9 Å². The van der Waals surface area contributed by atoms with E-state index in [1.807, 2.05) is 61.7 Å². The molecule has 0 amide bonds. The predicted molar refractivity (Wildman–Crippen MR) is 121 cm³/mol. The molecular weight excluding hydrogens is 388 g/mol. The highest BCUT2D eigenvalue weighted by atomic mass is 16.1. The van der Waals surface area contributed by atoms with Crippen molar-refractivity contribution < 1.29 is 0 Å². The van der Waals surface area contributed by atoms with Crippen LogP contribution in [0.3, 0.4) is 0 Å². The number of hydrogen-bond acceptors (Lipinski definition) is 5. The molecule has 0 radical (unpaired) electrons. The van der Waals surface area contributed by atoms with E-state index in [0.29, 0.717) is 18.1 Å². The summed E-state index contributed by atoms with van der Waals surface area (Å²) in [5.41, 5.74) is 4.51. The van der Waals surface area contributed by atoms with Crippen molar-refractivity contribution in [1.29, 1.82) is 0 Å². The van der Waals surface area contributed by atoms with Gasteiger partial charge in [0.25, 0.3) is 5.56 Å². The highest BCUT2D eigenvalue weighted by molar-refractivity contribution is 5.75. The van der Waals surface area contributed by atoms with Crippen molar-refractivity contribution in [2.45, 2.75) is 13.5 Å². The van der Waals surface area contributed by atoms with Crippen LogP contribution < -0.4 is 10.9 Å². The second-order valence-corrected chi connectivity index (χ2v) is 7.34. The summed E-state index contributed by atoms with van der Waals surface area (Å²) in [4.78, 5) is 21.7. The van der Waals surface area contributed by atoms with Gasteiger partial charge in [0, 0.05) is 35.7 Å². The van der Waals surface area contributed by atoms with E-state index < -0.39 is 0 Å². The lowest BCUT2D eigenvalue weighted by Gasteiger charge is -2.12. The maximum atomic E-state index is 12.6. The lowest BCUT2D eigenvalue weighted by Crippen LogP contribution is -2.21. The first kappa shape index (κ1) is 18.7. The van der Waals surface area contributed by atoms with Gasteiger partial charge in [-0.3, -0.25) is 9.36 Å². The fraction of sp³-hybridized carbons (Fsp3) is 0.0833. The van der Waals surface area contributed by atoms with Gasteiger partial charge in [-0.15, -0.1) is 0 Å². The van der Waals surface area contributed by atoms with E-state index in [9.17, 15) is 4.79 Å². The third-order valence-electron chi connectivity index (χ3n) is 5.04. The van der Waals surface area contributed by atoms with Crippen LogP contribution >= 0.6 is 0 Å². The average molecular weight is 408 g/mol. The summed E-state index contributed by atoms with van der Waals surface area (Å²) in [6, 6.07) is 21.1. The van der Waals surface area contributed by atoms with Crippen molar-refractivity contribution in [1.82, 2.24) is 24.3 Å². The SMILES string of the molecule is Cc1cccc(Cn2c(=O)ccc3cnc(Nc4ccc(-n5cccn5)cc4)nc32)c1. The summed E-state index contributed by atoms with van der Waals surface area (Å²) in [6.45, 7) is 2.49. The fourth-order valence-corrected chi connectivity index (χ4v) is 3.53. The zero-order chi connectivity index (χ0) is 21.2. The van der Waals surface area contributed by atoms with Crippen LogP contribution in [0.1, 0.15) is 11.1 Å². The van der Waals surface area contributed by atoms with Gasteiger partial charge in [0.15, 0.2) is 0 Å². The van der Waals surface area contributed by atoms with Crippen LogP contribution in [-0.2, 0) is 6.54 Å². The monoisotopic (exact) mass is 408 g/mol. The number of nitrogens with one attached hydrogen (secondary N) is 1. The molecule has 7 heteroatoms.